The Balaban J connectivity index is 1.63. The van der Waals surface area contributed by atoms with Gasteiger partial charge in [-0.2, -0.15) is 9.61 Å². The third-order valence-electron chi connectivity index (χ3n) is 4.18. The number of halogens is 1. The minimum Gasteiger partial charge on any atom is -0.493 e. The van der Waals surface area contributed by atoms with E-state index in [1.165, 1.54) is 6.07 Å². The topological polar surface area (TPSA) is 88.2 Å². The quantitative estimate of drug-likeness (QED) is 0.566. The highest BCUT2D eigenvalue weighted by molar-refractivity contribution is 5.67. The third-order valence-corrected chi connectivity index (χ3v) is 4.18. The summed E-state index contributed by atoms with van der Waals surface area (Å²) in [6.07, 6.45) is 6.84. The number of nitrogens with zero attached hydrogens (tertiary/aromatic N) is 5. The van der Waals surface area contributed by atoms with Crippen molar-refractivity contribution in [1.29, 1.82) is 0 Å². The first-order valence-corrected chi connectivity index (χ1v) is 8.44. The molecule has 4 heterocycles. The first-order chi connectivity index (χ1) is 13.1. The second-order valence-corrected chi connectivity index (χ2v) is 6.18. The minimum atomic E-state index is -0.409. The van der Waals surface area contributed by atoms with E-state index in [1.807, 2.05) is 19.1 Å². The number of fused-ring (bicyclic) bond motifs is 1. The first-order valence-electron chi connectivity index (χ1n) is 8.44. The average Bonchev–Trinajstić information content (AvgIpc) is 3.04. The largest absolute Gasteiger partial charge is 0.493 e. The fraction of sp³-hybridized carbons (Fsp3) is 0.158. The monoisotopic (exact) mass is 364 g/mol. The number of anilines is 1. The highest BCUT2D eigenvalue weighted by atomic mass is 19.1. The lowest BCUT2D eigenvalue weighted by molar-refractivity contribution is 0.453. The van der Waals surface area contributed by atoms with E-state index in [-0.39, 0.29) is 5.88 Å². The number of nitrogens with one attached hydrogen (secondary N) is 1. The number of hydrogen-bond donors (Lipinski definition) is 2. The van der Waals surface area contributed by atoms with Gasteiger partial charge in [0.15, 0.2) is 5.65 Å². The predicted molar refractivity (Wildman–Crippen MR) is 99.0 cm³/mol. The van der Waals surface area contributed by atoms with E-state index in [4.69, 9.17) is 0 Å². The van der Waals surface area contributed by atoms with Crippen molar-refractivity contribution in [2.24, 2.45) is 0 Å². The maximum atomic E-state index is 13.6. The Morgan fingerprint density at radius 1 is 1.15 bits per heavy atom. The molecule has 0 atom stereocenters. The van der Waals surface area contributed by atoms with Crippen LogP contribution in [0.3, 0.4) is 0 Å². The molecule has 2 N–H and O–H groups in total. The number of rotatable bonds is 5. The van der Waals surface area contributed by atoms with Crippen molar-refractivity contribution in [2.75, 3.05) is 11.9 Å². The molecule has 0 spiro atoms. The van der Waals surface area contributed by atoms with Crippen molar-refractivity contribution < 1.29 is 9.50 Å². The molecule has 0 fully saturated rings. The van der Waals surface area contributed by atoms with Crippen molar-refractivity contribution in [2.45, 2.75) is 13.3 Å². The van der Waals surface area contributed by atoms with E-state index in [0.29, 0.717) is 29.9 Å². The van der Waals surface area contributed by atoms with Gasteiger partial charge in [-0.1, -0.05) is 6.07 Å². The van der Waals surface area contributed by atoms with E-state index < -0.39 is 5.82 Å². The fourth-order valence-corrected chi connectivity index (χ4v) is 2.80. The molecule has 7 nitrogen and oxygen atoms in total. The number of aryl methyl sites for hydroxylation is 1. The summed E-state index contributed by atoms with van der Waals surface area (Å²) in [5, 5.41) is 17.0. The van der Waals surface area contributed by atoms with Crippen LogP contribution in [0.2, 0.25) is 0 Å². The average molecular weight is 364 g/mol. The van der Waals surface area contributed by atoms with Gasteiger partial charge in [0.2, 0.25) is 5.88 Å². The molecule has 0 amide bonds. The zero-order chi connectivity index (χ0) is 18.8. The van der Waals surface area contributed by atoms with Crippen molar-refractivity contribution in [3.8, 4) is 17.1 Å². The van der Waals surface area contributed by atoms with E-state index in [2.05, 4.69) is 25.4 Å². The molecule has 0 bridgehead atoms. The molecule has 4 rings (SSSR count). The Labute approximate surface area is 154 Å². The summed E-state index contributed by atoms with van der Waals surface area (Å²) in [5.74, 6) is 0.343. The minimum absolute atomic E-state index is 0.00270. The Kier molecular flexibility index (Phi) is 4.37. The predicted octanol–water partition coefficient (Wildman–Crippen LogP) is 2.99. The van der Waals surface area contributed by atoms with Gasteiger partial charge in [0.05, 0.1) is 18.1 Å². The highest BCUT2D eigenvalue weighted by Gasteiger charge is 2.11. The van der Waals surface area contributed by atoms with Crippen molar-refractivity contribution in [3.05, 3.63) is 66.0 Å². The SMILES string of the molecule is Cc1cnn2c(NCCc3ccc(O)nc3)cc(-c3cncc(F)c3)nc12. The Morgan fingerprint density at radius 3 is 2.81 bits per heavy atom. The van der Waals surface area contributed by atoms with Gasteiger partial charge in [0, 0.05) is 42.2 Å². The van der Waals surface area contributed by atoms with E-state index in [0.717, 1.165) is 23.1 Å². The molecule has 0 aromatic carbocycles. The first kappa shape index (κ1) is 16.9. The van der Waals surface area contributed by atoms with Crippen LogP contribution in [-0.2, 0) is 6.42 Å². The number of aromatic nitrogens is 5. The fourth-order valence-electron chi connectivity index (χ4n) is 2.80. The Hall–Kier alpha value is -3.55. The second kappa shape index (κ2) is 6.99. The van der Waals surface area contributed by atoms with Crippen LogP contribution in [0.4, 0.5) is 10.2 Å². The van der Waals surface area contributed by atoms with Crippen LogP contribution in [0.1, 0.15) is 11.1 Å². The summed E-state index contributed by atoms with van der Waals surface area (Å²) in [7, 11) is 0. The molecule has 0 saturated heterocycles. The van der Waals surface area contributed by atoms with Crippen LogP contribution in [0.25, 0.3) is 16.9 Å². The van der Waals surface area contributed by atoms with E-state index >= 15 is 0 Å². The lowest BCUT2D eigenvalue weighted by atomic mass is 10.2. The molecule has 27 heavy (non-hydrogen) atoms. The van der Waals surface area contributed by atoms with Gasteiger partial charge in [-0.05, 0) is 25.0 Å². The van der Waals surface area contributed by atoms with Gasteiger partial charge in [-0.25, -0.2) is 14.4 Å². The van der Waals surface area contributed by atoms with Gasteiger partial charge < -0.3 is 10.4 Å². The van der Waals surface area contributed by atoms with E-state index in [9.17, 15) is 9.50 Å². The molecule has 4 aromatic rings. The van der Waals surface area contributed by atoms with Crippen LogP contribution in [-0.4, -0.2) is 36.2 Å². The maximum absolute atomic E-state index is 13.6. The van der Waals surface area contributed by atoms with Gasteiger partial charge in [0.25, 0.3) is 0 Å². The van der Waals surface area contributed by atoms with Crippen LogP contribution >= 0.6 is 0 Å². The summed E-state index contributed by atoms with van der Waals surface area (Å²) in [4.78, 5) is 12.4. The van der Waals surface area contributed by atoms with Gasteiger partial charge >= 0.3 is 0 Å². The highest BCUT2D eigenvalue weighted by Crippen LogP contribution is 2.23. The summed E-state index contributed by atoms with van der Waals surface area (Å²) >= 11 is 0. The molecule has 4 aromatic heterocycles. The zero-order valence-electron chi connectivity index (χ0n) is 14.6. The van der Waals surface area contributed by atoms with Gasteiger partial charge in [-0.3, -0.25) is 4.98 Å². The molecule has 0 saturated carbocycles. The molecule has 0 aliphatic heterocycles. The van der Waals surface area contributed by atoms with Crippen molar-refractivity contribution in [1.82, 2.24) is 24.6 Å². The zero-order valence-corrected chi connectivity index (χ0v) is 14.6. The number of pyridine rings is 2. The lowest BCUT2D eigenvalue weighted by Crippen LogP contribution is -2.10. The van der Waals surface area contributed by atoms with Gasteiger partial charge in [-0.15, -0.1) is 0 Å². The van der Waals surface area contributed by atoms with E-state index in [1.54, 1.807) is 29.2 Å². The normalized spacial score (nSPS) is 11.0. The molecule has 0 aliphatic rings. The van der Waals surface area contributed by atoms with Crippen molar-refractivity contribution >= 4 is 11.5 Å². The standard InChI is InChI=1S/C19H17FN6O/c1-12-8-24-26-17(22-5-4-13-2-3-18(27)23-9-13)7-16(25-19(12)26)14-6-15(20)11-21-10-14/h2-3,6-11,22H,4-5H2,1H3,(H,23,27). The molecule has 0 aliphatic carbocycles. The van der Waals surface area contributed by atoms with Crippen LogP contribution in [0, 0.1) is 12.7 Å². The summed E-state index contributed by atoms with van der Waals surface area (Å²) < 4.78 is 15.3. The van der Waals surface area contributed by atoms with Crippen LogP contribution < -0.4 is 5.32 Å². The van der Waals surface area contributed by atoms with Crippen LogP contribution in [0.5, 0.6) is 5.88 Å². The molecule has 0 radical (unpaired) electrons. The molecule has 136 valence electrons. The van der Waals surface area contributed by atoms with Crippen molar-refractivity contribution in [3.63, 3.8) is 0 Å². The Bertz CT molecular complexity index is 1090. The third kappa shape index (κ3) is 3.55. The maximum Gasteiger partial charge on any atom is 0.210 e. The van der Waals surface area contributed by atoms with Crippen LogP contribution in [0.15, 0.2) is 49.1 Å². The molecular weight excluding hydrogens is 347 g/mol. The summed E-state index contributed by atoms with van der Waals surface area (Å²) in [6.45, 7) is 2.56. The molecular formula is C19H17FN6O. The summed E-state index contributed by atoms with van der Waals surface area (Å²) in [6, 6.07) is 6.62. The lowest BCUT2D eigenvalue weighted by Gasteiger charge is -2.11. The van der Waals surface area contributed by atoms with Gasteiger partial charge in [0.1, 0.15) is 11.6 Å². The molecule has 8 heteroatoms. The smallest absolute Gasteiger partial charge is 0.210 e. The Morgan fingerprint density at radius 2 is 2.04 bits per heavy atom. The summed E-state index contributed by atoms with van der Waals surface area (Å²) in [5.41, 5.74) is 3.84. The molecule has 0 unspecified atom stereocenters. The number of aromatic hydroxyl groups is 1. The number of hydrogen-bond acceptors (Lipinski definition) is 6. The second-order valence-electron chi connectivity index (χ2n) is 6.18.